The van der Waals surface area contributed by atoms with Gasteiger partial charge in [0, 0.05) is 58.4 Å². The van der Waals surface area contributed by atoms with E-state index in [1.807, 2.05) is 13.8 Å². The van der Waals surface area contributed by atoms with Crippen molar-refractivity contribution in [2.75, 3.05) is 46.1 Å². The van der Waals surface area contributed by atoms with E-state index in [0.29, 0.717) is 12.1 Å². The molecule has 3 aliphatic heterocycles. The van der Waals surface area contributed by atoms with Crippen molar-refractivity contribution in [3.63, 3.8) is 0 Å². The van der Waals surface area contributed by atoms with Gasteiger partial charge in [0.2, 0.25) is 0 Å². The van der Waals surface area contributed by atoms with Gasteiger partial charge >= 0.3 is 0 Å². The van der Waals surface area contributed by atoms with Crippen LogP contribution in [0.4, 0.5) is 0 Å². The molecule has 0 aliphatic carbocycles. The zero-order chi connectivity index (χ0) is 18.9. The Hall–Kier alpha value is 0.904. The first kappa shape index (κ1) is 26.9. The summed E-state index contributed by atoms with van der Waals surface area (Å²) < 4.78 is 16.6. The maximum atomic E-state index is 5.90. The Morgan fingerprint density at radius 1 is 1.08 bits per heavy atom. The summed E-state index contributed by atoms with van der Waals surface area (Å²) in [6.07, 6.45) is 2.26. The normalized spacial score (nSPS) is 26.5. The fraction of sp³-hybridized carbons (Fsp3) is 1.00. The Balaban J connectivity index is 0.000000432. The molecule has 3 rings (SSSR count). The Morgan fingerprint density at radius 3 is 2.08 bits per heavy atom. The second kappa shape index (κ2) is 13.2. The van der Waals surface area contributed by atoms with E-state index in [1.54, 1.807) is 0 Å². The van der Waals surface area contributed by atoms with Crippen molar-refractivity contribution >= 4 is 0 Å². The van der Waals surface area contributed by atoms with Crippen LogP contribution < -0.4 is 0 Å². The van der Waals surface area contributed by atoms with Gasteiger partial charge in [-0.15, -0.1) is 12.6 Å². The molecule has 5 nitrogen and oxygen atoms in total. The first-order valence-corrected chi connectivity index (χ1v) is 10.2. The number of hydrogen-bond donors (Lipinski definition) is 0. The largest absolute Gasteiger partial charge is 0.655 e. The molecule has 0 aromatic heterocycles. The van der Waals surface area contributed by atoms with Crippen molar-refractivity contribution < 1.29 is 46.9 Å². The number of ether oxygens (including phenoxy) is 3. The third kappa shape index (κ3) is 7.06. The molecule has 0 aromatic carbocycles. The summed E-state index contributed by atoms with van der Waals surface area (Å²) >= 11 is 0. The standard InChI is InChI=1S/C11H23NO.C7H12NO2.C2H6.Y/c1-5-11(6-2)9-12(10(3)4)7-8-13-11;1-6-7(4-9-5-7)10-3-2-8-6;1-2;/h10H,5-9H2,1-4H3;6H,2-5H2,1H3;1-2H3;/q;-1;;. The molecular formula is C20H41N2O3Y-. The molecule has 3 fully saturated rings. The smallest absolute Gasteiger partial charge is 0.0985 e. The second-order valence-corrected chi connectivity index (χ2v) is 7.29. The van der Waals surface area contributed by atoms with Crippen LogP contribution in [0.25, 0.3) is 5.32 Å². The molecular weight excluding hydrogens is 405 g/mol. The third-order valence-corrected chi connectivity index (χ3v) is 5.63. The molecule has 3 saturated heterocycles. The van der Waals surface area contributed by atoms with Crippen molar-refractivity contribution in [2.45, 2.75) is 84.6 Å². The summed E-state index contributed by atoms with van der Waals surface area (Å²) in [5, 5.41) is 4.40. The maximum absolute atomic E-state index is 5.90. The summed E-state index contributed by atoms with van der Waals surface area (Å²) in [7, 11) is 0. The molecule has 0 N–H and O–H groups in total. The Labute approximate surface area is 187 Å². The van der Waals surface area contributed by atoms with Gasteiger partial charge in [-0.1, -0.05) is 34.6 Å². The van der Waals surface area contributed by atoms with E-state index >= 15 is 0 Å². The minimum atomic E-state index is -0.0295. The first-order chi connectivity index (χ1) is 12.0. The van der Waals surface area contributed by atoms with E-state index in [0.717, 1.165) is 58.9 Å². The van der Waals surface area contributed by atoms with Gasteiger partial charge in [0.15, 0.2) is 0 Å². The zero-order valence-electron chi connectivity index (χ0n) is 18.2. The van der Waals surface area contributed by atoms with Crippen LogP contribution >= 0.6 is 0 Å². The van der Waals surface area contributed by atoms with E-state index < -0.39 is 0 Å². The fourth-order valence-electron chi connectivity index (χ4n) is 3.40. The number of morpholine rings is 2. The van der Waals surface area contributed by atoms with Crippen LogP contribution in [0.5, 0.6) is 0 Å². The van der Waals surface area contributed by atoms with Gasteiger partial charge in [-0.25, -0.2) is 0 Å². The Kier molecular flexibility index (Phi) is 13.6. The molecule has 0 bridgehead atoms. The quantitative estimate of drug-likeness (QED) is 0.661. The predicted molar refractivity (Wildman–Crippen MR) is 105 cm³/mol. The average molecular weight is 446 g/mol. The van der Waals surface area contributed by atoms with Crippen molar-refractivity contribution in [2.24, 2.45) is 0 Å². The Bertz CT molecular complexity index is 361. The van der Waals surface area contributed by atoms with Crippen LogP contribution in [0.15, 0.2) is 0 Å². The fourth-order valence-corrected chi connectivity index (χ4v) is 3.40. The second-order valence-electron chi connectivity index (χ2n) is 7.29. The minimum absolute atomic E-state index is 0. The molecule has 3 heterocycles. The predicted octanol–water partition coefficient (Wildman–Crippen LogP) is 3.86. The SMILES string of the molecule is CC.CC1[N-]CCOC12COC2.CCC1(CC)CN(C(C)C)CCO1.[Y]. The molecule has 1 radical (unpaired) electrons. The molecule has 3 aliphatic rings. The summed E-state index contributed by atoms with van der Waals surface area (Å²) in [5.41, 5.74) is 0.112. The zero-order valence-corrected chi connectivity index (χ0v) is 21.1. The van der Waals surface area contributed by atoms with Crippen LogP contribution in [0.3, 0.4) is 0 Å². The molecule has 1 spiro atoms. The molecule has 0 aromatic rings. The van der Waals surface area contributed by atoms with E-state index in [4.69, 9.17) is 14.2 Å². The molecule has 1 unspecified atom stereocenters. The van der Waals surface area contributed by atoms with Gasteiger partial charge in [0.05, 0.1) is 31.0 Å². The number of rotatable bonds is 3. The molecule has 26 heavy (non-hydrogen) atoms. The van der Waals surface area contributed by atoms with Gasteiger partial charge in [0.25, 0.3) is 0 Å². The van der Waals surface area contributed by atoms with Crippen LogP contribution in [0.1, 0.15) is 61.3 Å². The van der Waals surface area contributed by atoms with Crippen LogP contribution in [-0.4, -0.2) is 74.2 Å². The van der Waals surface area contributed by atoms with Crippen LogP contribution in [0, 0.1) is 0 Å². The van der Waals surface area contributed by atoms with Gasteiger partial charge in [-0.05, 0) is 26.7 Å². The van der Waals surface area contributed by atoms with Gasteiger partial charge < -0.3 is 19.5 Å². The van der Waals surface area contributed by atoms with Gasteiger partial charge in [-0.2, -0.15) is 0 Å². The topological polar surface area (TPSA) is 45.0 Å². The minimum Gasteiger partial charge on any atom is -0.655 e. The van der Waals surface area contributed by atoms with Gasteiger partial charge in [0.1, 0.15) is 0 Å². The first-order valence-electron chi connectivity index (χ1n) is 10.2. The third-order valence-electron chi connectivity index (χ3n) is 5.63. The van der Waals surface area contributed by atoms with Crippen molar-refractivity contribution in [3.8, 4) is 0 Å². The van der Waals surface area contributed by atoms with Crippen LogP contribution in [0.2, 0.25) is 0 Å². The summed E-state index contributed by atoms with van der Waals surface area (Å²) in [4.78, 5) is 2.52. The van der Waals surface area contributed by atoms with E-state index in [2.05, 4.69) is 44.8 Å². The van der Waals surface area contributed by atoms with Crippen molar-refractivity contribution in [1.29, 1.82) is 0 Å². The number of hydrogen-bond acceptors (Lipinski definition) is 4. The Morgan fingerprint density at radius 2 is 1.69 bits per heavy atom. The molecule has 1 atom stereocenters. The van der Waals surface area contributed by atoms with E-state index in [-0.39, 0.29) is 43.9 Å². The summed E-state index contributed by atoms with van der Waals surface area (Å²) in [6.45, 7) is 21.3. The summed E-state index contributed by atoms with van der Waals surface area (Å²) in [6, 6.07) is 0.983. The van der Waals surface area contributed by atoms with E-state index in [1.165, 1.54) is 0 Å². The monoisotopic (exact) mass is 446 g/mol. The van der Waals surface area contributed by atoms with Crippen molar-refractivity contribution in [1.82, 2.24) is 4.90 Å². The maximum Gasteiger partial charge on any atom is 0.0985 e. The molecule has 153 valence electrons. The number of nitrogens with zero attached hydrogens (tertiary/aromatic N) is 2. The van der Waals surface area contributed by atoms with Crippen LogP contribution in [-0.2, 0) is 46.9 Å². The molecule has 0 amide bonds. The van der Waals surface area contributed by atoms with Gasteiger partial charge in [-0.3, -0.25) is 4.90 Å². The van der Waals surface area contributed by atoms with Crippen molar-refractivity contribution in [3.05, 3.63) is 5.32 Å². The van der Waals surface area contributed by atoms with E-state index in [9.17, 15) is 0 Å². The molecule has 6 heteroatoms. The summed E-state index contributed by atoms with van der Waals surface area (Å²) in [5.74, 6) is 0. The molecule has 0 saturated carbocycles. The average Bonchev–Trinajstić information content (AvgIpc) is 2.63.